The van der Waals surface area contributed by atoms with Gasteiger partial charge in [-0.05, 0) is 24.7 Å². The summed E-state index contributed by atoms with van der Waals surface area (Å²) in [6.45, 7) is 4.16. The quantitative estimate of drug-likeness (QED) is 0.669. The van der Waals surface area contributed by atoms with Gasteiger partial charge in [-0.2, -0.15) is 0 Å². The Morgan fingerprint density at radius 1 is 1.32 bits per heavy atom. The predicted molar refractivity (Wildman–Crippen MR) is 87.1 cm³/mol. The molecule has 2 aliphatic rings. The highest BCUT2D eigenvalue weighted by Gasteiger charge is 2.36. The Labute approximate surface area is 133 Å². The number of carbonyl (C=O) groups excluding carboxylic acids is 2. The van der Waals surface area contributed by atoms with E-state index in [2.05, 4.69) is 24.5 Å². The van der Waals surface area contributed by atoms with E-state index in [0.29, 0.717) is 18.3 Å². The molecule has 3 atom stereocenters. The number of hydrogen-bond acceptors (Lipinski definition) is 3. The highest BCUT2D eigenvalue weighted by Crippen LogP contribution is 2.29. The average Bonchev–Trinajstić information content (AvgIpc) is 2.78. The average molecular weight is 309 g/mol. The molecule has 0 spiro atoms. The summed E-state index contributed by atoms with van der Waals surface area (Å²) in [7, 11) is 0. The van der Waals surface area contributed by atoms with Gasteiger partial charge in [-0.3, -0.25) is 9.59 Å². The van der Waals surface area contributed by atoms with Gasteiger partial charge < -0.3 is 16.4 Å². The first kappa shape index (κ1) is 17.3. The first-order valence-corrected chi connectivity index (χ1v) is 8.80. The van der Waals surface area contributed by atoms with Gasteiger partial charge in [0.05, 0.1) is 6.04 Å². The van der Waals surface area contributed by atoms with E-state index in [1.807, 2.05) is 0 Å². The van der Waals surface area contributed by atoms with Crippen LogP contribution in [0.4, 0.5) is 0 Å². The van der Waals surface area contributed by atoms with Gasteiger partial charge in [-0.25, -0.2) is 0 Å². The Balaban J connectivity index is 1.93. The van der Waals surface area contributed by atoms with Crippen LogP contribution in [0.2, 0.25) is 0 Å². The standard InChI is InChI=1S/C17H31N3O2/c1-11(2)8-15(17(18)22)19-14-10-16(21)20-13(14)9-12-6-4-3-5-7-12/h11-15,19H,3-10H2,1-2H3,(H2,18,22)(H,20,21)/t13-,14-,15-/m0/s1. The molecule has 1 saturated heterocycles. The fourth-order valence-electron chi connectivity index (χ4n) is 3.88. The van der Waals surface area contributed by atoms with Crippen molar-refractivity contribution in [3.63, 3.8) is 0 Å². The topological polar surface area (TPSA) is 84.2 Å². The van der Waals surface area contributed by atoms with E-state index in [4.69, 9.17) is 5.73 Å². The maximum absolute atomic E-state index is 11.8. The van der Waals surface area contributed by atoms with Crippen LogP contribution in [-0.2, 0) is 9.59 Å². The highest BCUT2D eigenvalue weighted by molar-refractivity contribution is 5.81. The number of carbonyl (C=O) groups is 2. The largest absolute Gasteiger partial charge is 0.368 e. The molecule has 126 valence electrons. The van der Waals surface area contributed by atoms with Crippen LogP contribution in [0.15, 0.2) is 0 Å². The van der Waals surface area contributed by atoms with Crippen LogP contribution >= 0.6 is 0 Å². The summed E-state index contributed by atoms with van der Waals surface area (Å²) in [5, 5.41) is 6.45. The molecule has 4 N–H and O–H groups in total. The molecule has 1 aliphatic carbocycles. The molecule has 5 nitrogen and oxygen atoms in total. The van der Waals surface area contributed by atoms with E-state index in [-0.39, 0.29) is 29.9 Å². The second kappa shape index (κ2) is 7.95. The minimum atomic E-state index is -0.341. The zero-order chi connectivity index (χ0) is 16.1. The van der Waals surface area contributed by atoms with Gasteiger partial charge in [-0.15, -0.1) is 0 Å². The van der Waals surface area contributed by atoms with Crippen molar-refractivity contribution in [3.8, 4) is 0 Å². The third kappa shape index (κ3) is 4.97. The maximum Gasteiger partial charge on any atom is 0.234 e. The summed E-state index contributed by atoms with van der Waals surface area (Å²) in [5.41, 5.74) is 5.52. The number of amides is 2. The molecule has 0 aromatic rings. The molecule has 1 saturated carbocycles. The lowest BCUT2D eigenvalue weighted by Crippen LogP contribution is -2.51. The lowest BCUT2D eigenvalue weighted by molar-refractivity contribution is -0.121. The number of nitrogens with one attached hydrogen (secondary N) is 2. The van der Waals surface area contributed by atoms with Crippen molar-refractivity contribution in [2.45, 2.75) is 83.3 Å². The zero-order valence-corrected chi connectivity index (χ0v) is 13.9. The molecule has 0 unspecified atom stereocenters. The maximum atomic E-state index is 11.8. The Kier molecular flexibility index (Phi) is 6.24. The van der Waals surface area contributed by atoms with Gasteiger partial charge in [0.2, 0.25) is 11.8 Å². The number of nitrogens with two attached hydrogens (primary N) is 1. The van der Waals surface area contributed by atoms with Gasteiger partial charge in [-0.1, -0.05) is 46.0 Å². The molecular weight excluding hydrogens is 278 g/mol. The summed E-state index contributed by atoms with van der Waals surface area (Å²) < 4.78 is 0. The minimum Gasteiger partial charge on any atom is -0.368 e. The van der Waals surface area contributed by atoms with E-state index in [1.54, 1.807) is 0 Å². The molecular formula is C17H31N3O2. The van der Waals surface area contributed by atoms with Crippen LogP contribution in [-0.4, -0.2) is 29.9 Å². The first-order chi connectivity index (χ1) is 10.5. The Morgan fingerprint density at radius 2 is 2.00 bits per heavy atom. The predicted octanol–water partition coefficient (Wildman–Crippen LogP) is 1.70. The van der Waals surface area contributed by atoms with Crippen LogP contribution in [0.1, 0.15) is 65.2 Å². The van der Waals surface area contributed by atoms with Crippen molar-refractivity contribution in [3.05, 3.63) is 0 Å². The van der Waals surface area contributed by atoms with Crippen molar-refractivity contribution in [2.24, 2.45) is 17.6 Å². The van der Waals surface area contributed by atoms with Crippen LogP contribution in [0.25, 0.3) is 0 Å². The van der Waals surface area contributed by atoms with E-state index in [9.17, 15) is 9.59 Å². The van der Waals surface area contributed by atoms with Gasteiger partial charge >= 0.3 is 0 Å². The van der Waals surface area contributed by atoms with Crippen molar-refractivity contribution in [2.75, 3.05) is 0 Å². The third-order valence-electron chi connectivity index (χ3n) is 5.02. The van der Waals surface area contributed by atoms with Crippen molar-refractivity contribution in [1.82, 2.24) is 10.6 Å². The van der Waals surface area contributed by atoms with Gasteiger partial charge in [0.1, 0.15) is 0 Å². The Hall–Kier alpha value is -1.10. The molecule has 0 radical (unpaired) electrons. The van der Waals surface area contributed by atoms with Crippen LogP contribution in [0.3, 0.4) is 0 Å². The molecule has 5 heteroatoms. The van der Waals surface area contributed by atoms with Crippen molar-refractivity contribution in [1.29, 1.82) is 0 Å². The van der Waals surface area contributed by atoms with E-state index in [1.165, 1.54) is 32.1 Å². The fourth-order valence-corrected chi connectivity index (χ4v) is 3.88. The van der Waals surface area contributed by atoms with Gasteiger partial charge in [0, 0.05) is 18.5 Å². The van der Waals surface area contributed by atoms with Crippen LogP contribution < -0.4 is 16.4 Å². The number of hydrogen-bond donors (Lipinski definition) is 3. The zero-order valence-electron chi connectivity index (χ0n) is 13.9. The monoisotopic (exact) mass is 309 g/mol. The molecule has 1 aliphatic heterocycles. The summed E-state index contributed by atoms with van der Waals surface area (Å²) in [6.07, 6.45) is 8.69. The normalized spacial score (nSPS) is 27.9. The Morgan fingerprint density at radius 3 is 2.59 bits per heavy atom. The third-order valence-corrected chi connectivity index (χ3v) is 5.02. The lowest BCUT2D eigenvalue weighted by atomic mass is 9.83. The molecule has 2 fully saturated rings. The molecule has 2 rings (SSSR count). The first-order valence-electron chi connectivity index (χ1n) is 8.80. The minimum absolute atomic E-state index is 0.0330. The van der Waals surface area contributed by atoms with E-state index < -0.39 is 0 Å². The molecule has 0 bridgehead atoms. The van der Waals surface area contributed by atoms with Crippen LogP contribution in [0.5, 0.6) is 0 Å². The number of primary amides is 1. The number of rotatable bonds is 7. The molecule has 1 heterocycles. The highest BCUT2D eigenvalue weighted by atomic mass is 16.2. The van der Waals surface area contributed by atoms with Crippen LogP contribution in [0, 0.1) is 11.8 Å². The molecule has 0 aromatic carbocycles. The smallest absolute Gasteiger partial charge is 0.234 e. The van der Waals surface area contributed by atoms with Gasteiger partial charge in [0.25, 0.3) is 0 Å². The Bertz CT molecular complexity index is 391. The molecule has 2 amide bonds. The van der Waals surface area contributed by atoms with Crippen molar-refractivity contribution < 1.29 is 9.59 Å². The fraction of sp³-hybridized carbons (Fsp3) is 0.882. The lowest BCUT2D eigenvalue weighted by Gasteiger charge is -2.29. The second-order valence-corrected chi connectivity index (χ2v) is 7.48. The van der Waals surface area contributed by atoms with E-state index >= 15 is 0 Å². The second-order valence-electron chi connectivity index (χ2n) is 7.48. The summed E-state index contributed by atoms with van der Waals surface area (Å²) in [6, 6.07) is -0.165. The summed E-state index contributed by atoms with van der Waals surface area (Å²) in [5.74, 6) is 0.876. The van der Waals surface area contributed by atoms with Crippen molar-refractivity contribution >= 4 is 11.8 Å². The van der Waals surface area contributed by atoms with Gasteiger partial charge in [0.15, 0.2) is 0 Å². The summed E-state index contributed by atoms with van der Waals surface area (Å²) >= 11 is 0. The summed E-state index contributed by atoms with van der Waals surface area (Å²) in [4.78, 5) is 23.5. The molecule has 0 aromatic heterocycles. The SMILES string of the molecule is CC(C)C[C@H](N[C@H]1CC(=O)N[C@H]1CC1CCCCC1)C(N)=O. The van der Waals surface area contributed by atoms with E-state index in [0.717, 1.165) is 12.8 Å². The molecule has 22 heavy (non-hydrogen) atoms.